The van der Waals surface area contributed by atoms with Gasteiger partial charge in [-0.15, -0.1) is 0 Å². The Morgan fingerprint density at radius 1 is 1.58 bits per heavy atom. The van der Waals surface area contributed by atoms with Gasteiger partial charge in [-0.3, -0.25) is 0 Å². The Kier molecular flexibility index (Phi) is 2.85. The summed E-state index contributed by atoms with van der Waals surface area (Å²) in [5.41, 5.74) is 1.27. The van der Waals surface area contributed by atoms with Crippen molar-refractivity contribution in [2.45, 2.75) is 13.0 Å². The van der Waals surface area contributed by atoms with Gasteiger partial charge in [0, 0.05) is 11.6 Å². The Morgan fingerprint density at radius 3 is 3.21 bits per heavy atom. The molecule has 1 aromatic carbocycles. The molecule has 3 rings (SSSR count). The Labute approximate surface area is 108 Å². The molecule has 0 bridgehead atoms. The van der Waals surface area contributed by atoms with Gasteiger partial charge in [0.1, 0.15) is 23.9 Å². The van der Waals surface area contributed by atoms with E-state index in [1.54, 1.807) is 13.0 Å². The maximum atomic E-state index is 13.1. The molecule has 5 nitrogen and oxygen atoms in total. The van der Waals surface area contributed by atoms with Crippen molar-refractivity contribution in [3.05, 3.63) is 29.6 Å². The number of esters is 1. The Bertz CT molecular complexity index is 558. The zero-order valence-electron chi connectivity index (χ0n) is 10.3. The fourth-order valence-corrected chi connectivity index (χ4v) is 2.25. The molecule has 0 aromatic heterocycles. The van der Waals surface area contributed by atoms with Gasteiger partial charge in [-0.25, -0.2) is 9.18 Å². The van der Waals surface area contributed by atoms with Crippen LogP contribution in [0.2, 0.25) is 0 Å². The quantitative estimate of drug-likeness (QED) is 0.760. The molecule has 0 radical (unpaired) electrons. The molecule has 2 atom stereocenters. The highest BCUT2D eigenvalue weighted by molar-refractivity contribution is 6.08. The van der Waals surface area contributed by atoms with Crippen LogP contribution in [0, 0.1) is 11.7 Å². The second kappa shape index (κ2) is 4.53. The van der Waals surface area contributed by atoms with Crippen molar-refractivity contribution in [2.75, 3.05) is 13.2 Å². The number of ether oxygens (including phenoxy) is 2. The van der Waals surface area contributed by atoms with Gasteiger partial charge in [-0.05, 0) is 19.1 Å². The predicted octanol–water partition coefficient (Wildman–Crippen LogP) is 1.50. The van der Waals surface area contributed by atoms with Crippen molar-refractivity contribution in [1.29, 1.82) is 0 Å². The summed E-state index contributed by atoms with van der Waals surface area (Å²) in [5, 5.41) is 3.93. The van der Waals surface area contributed by atoms with Crippen molar-refractivity contribution < 1.29 is 23.5 Å². The summed E-state index contributed by atoms with van der Waals surface area (Å²) < 4.78 is 23.5. The second-order valence-corrected chi connectivity index (χ2v) is 4.31. The van der Waals surface area contributed by atoms with Gasteiger partial charge < -0.3 is 14.3 Å². The number of oxime groups is 1. The van der Waals surface area contributed by atoms with Crippen LogP contribution in [0.3, 0.4) is 0 Å². The number of hydrogen-bond acceptors (Lipinski definition) is 5. The highest BCUT2D eigenvalue weighted by Gasteiger charge is 2.44. The first-order valence-corrected chi connectivity index (χ1v) is 6.03. The van der Waals surface area contributed by atoms with Crippen molar-refractivity contribution in [1.82, 2.24) is 0 Å². The molecule has 0 aliphatic carbocycles. The minimum absolute atomic E-state index is 0.221. The SMILES string of the molecule is CCOC(=O)C1ON=C2c3ccc(F)cc3OCC21. The molecule has 0 N–H and O–H groups in total. The first kappa shape index (κ1) is 12.0. The van der Waals surface area contributed by atoms with E-state index in [4.69, 9.17) is 14.3 Å². The van der Waals surface area contributed by atoms with Crippen molar-refractivity contribution in [3.63, 3.8) is 0 Å². The Balaban J connectivity index is 1.88. The van der Waals surface area contributed by atoms with Gasteiger partial charge in [0.05, 0.1) is 12.5 Å². The number of rotatable bonds is 2. The molecule has 0 fully saturated rings. The summed E-state index contributed by atoms with van der Waals surface area (Å²) in [6, 6.07) is 4.20. The molecule has 0 amide bonds. The van der Waals surface area contributed by atoms with Crippen LogP contribution in [0.1, 0.15) is 12.5 Å². The van der Waals surface area contributed by atoms with Crippen LogP contribution in [-0.4, -0.2) is 31.0 Å². The normalized spacial score (nSPS) is 23.6. The molecule has 0 saturated carbocycles. The van der Waals surface area contributed by atoms with E-state index in [2.05, 4.69) is 5.16 Å². The minimum Gasteiger partial charge on any atom is -0.492 e. The van der Waals surface area contributed by atoms with Crippen LogP contribution in [0.5, 0.6) is 5.75 Å². The van der Waals surface area contributed by atoms with Crippen molar-refractivity contribution in [3.8, 4) is 5.75 Å². The third-order valence-corrected chi connectivity index (χ3v) is 3.14. The van der Waals surface area contributed by atoms with Gasteiger partial charge in [0.15, 0.2) is 0 Å². The maximum absolute atomic E-state index is 13.1. The summed E-state index contributed by atoms with van der Waals surface area (Å²) >= 11 is 0. The lowest BCUT2D eigenvalue weighted by Gasteiger charge is -2.24. The predicted molar refractivity (Wildman–Crippen MR) is 63.4 cm³/mol. The van der Waals surface area contributed by atoms with Crippen molar-refractivity contribution in [2.24, 2.45) is 11.1 Å². The van der Waals surface area contributed by atoms with E-state index in [1.165, 1.54) is 12.1 Å². The van der Waals surface area contributed by atoms with Crippen LogP contribution in [-0.2, 0) is 14.4 Å². The first-order valence-electron chi connectivity index (χ1n) is 6.03. The minimum atomic E-state index is -0.784. The van der Waals surface area contributed by atoms with Crippen LogP contribution in [0.4, 0.5) is 4.39 Å². The smallest absolute Gasteiger partial charge is 0.351 e. The summed E-state index contributed by atoms with van der Waals surface area (Å²) in [7, 11) is 0. The highest BCUT2D eigenvalue weighted by atomic mass is 19.1. The third-order valence-electron chi connectivity index (χ3n) is 3.14. The van der Waals surface area contributed by atoms with Gasteiger partial charge >= 0.3 is 5.97 Å². The maximum Gasteiger partial charge on any atom is 0.351 e. The van der Waals surface area contributed by atoms with E-state index in [1.807, 2.05) is 0 Å². The van der Waals surface area contributed by atoms with Crippen LogP contribution >= 0.6 is 0 Å². The summed E-state index contributed by atoms with van der Waals surface area (Å²) in [5.74, 6) is -0.723. The van der Waals surface area contributed by atoms with Crippen LogP contribution < -0.4 is 4.74 Å². The standard InChI is InChI=1S/C13H12FNO4/c1-2-17-13(16)12-9-6-18-10-5-7(14)3-4-8(10)11(9)15-19-12/h3-5,9,12H,2,6H2,1H3. The zero-order chi connectivity index (χ0) is 13.4. The summed E-state index contributed by atoms with van der Waals surface area (Å²) in [6.45, 7) is 2.23. The van der Waals surface area contributed by atoms with Gasteiger partial charge in [-0.1, -0.05) is 5.16 Å². The van der Waals surface area contributed by atoms with Crippen molar-refractivity contribution >= 4 is 11.7 Å². The number of fused-ring (bicyclic) bond motifs is 3. The van der Waals surface area contributed by atoms with Crippen LogP contribution in [0.25, 0.3) is 0 Å². The molecule has 2 aliphatic heterocycles. The van der Waals surface area contributed by atoms with E-state index in [9.17, 15) is 9.18 Å². The lowest BCUT2D eigenvalue weighted by Crippen LogP contribution is -2.39. The van der Waals surface area contributed by atoms with E-state index < -0.39 is 12.1 Å². The van der Waals surface area contributed by atoms with E-state index in [-0.39, 0.29) is 24.9 Å². The molecule has 19 heavy (non-hydrogen) atoms. The number of carbonyl (C=O) groups is 1. The topological polar surface area (TPSA) is 57.1 Å². The molecule has 2 heterocycles. The average Bonchev–Trinajstić information content (AvgIpc) is 2.82. The second-order valence-electron chi connectivity index (χ2n) is 4.31. The summed E-state index contributed by atoms with van der Waals surface area (Å²) in [4.78, 5) is 16.9. The highest BCUT2D eigenvalue weighted by Crippen LogP contribution is 2.34. The lowest BCUT2D eigenvalue weighted by molar-refractivity contribution is -0.157. The number of nitrogens with zero attached hydrogens (tertiary/aromatic N) is 1. The molecule has 100 valence electrons. The van der Waals surface area contributed by atoms with Gasteiger partial charge in [0.25, 0.3) is 0 Å². The molecular formula is C13H12FNO4. The number of hydrogen-bond donors (Lipinski definition) is 0. The van der Waals surface area contributed by atoms with Gasteiger partial charge in [-0.2, -0.15) is 0 Å². The lowest BCUT2D eigenvalue weighted by atomic mass is 9.90. The third kappa shape index (κ3) is 1.93. The van der Waals surface area contributed by atoms with E-state index in [0.29, 0.717) is 17.0 Å². The molecular weight excluding hydrogens is 253 g/mol. The Morgan fingerprint density at radius 2 is 2.42 bits per heavy atom. The number of halogens is 1. The number of benzene rings is 1. The average molecular weight is 265 g/mol. The fourth-order valence-electron chi connectivity index (χ4n) is 2.25. The molecule has 2 unspecified atom stereocenters. The molecule has 0 saturated heterocycles. The van der Waals surface area contributed by atoms with E-state index in [0.717, 1.165) is 0 Å². The Hall–Kier alpha value is -2.11. The summed E-state index contributed by atoms with van der Waals surface area (Å²) in [6.07, 6.45) is -0.784. The monoisotopic (exact) mass is 265 g/mol. The largest absolute Gasteiger partial charge is 0.492 e. The molecule has 1 aromatic rings. The van der Waals surface area contributed by atoms with Crippen LogP contribution in [0.15, 0.2) is 23.4 Å². The molecule has 0 spiro atoms. The number of carbonyl (C=O) groups excluding carboxylic acids is 1. The zero-order valence-corrected chi connectivity index (χ0v) is 10.3. The van der Waals surface area contributed by atoms with E-state index >= 15 is 0 Å². The first-order chi connectivity index (χ1) is 9.20. The van der Waals surface area contributed by atoms with Gasteiger partial charge in [0.2, 0.25) is 6.10 Å². The molecule has 2 aliphatic rings. The fraction of sp³-hybridized carbons (Fsp3) is 0.385. The molecule has 6 heteroatoms.